The first-order valence-electron chi connectivity index (χ1n) is 15.1. The van der Waals surface area contributed by atoms with Crippen LogP contribution in [0.5, 0.6) is 0 Å². The number of hydrogen-bond acceptors (Lipinski definition) is 2. The van der Waals surface area contributed by atoms with Crippen molar-refractivity contribution in [3.63, 3.8) is 0 Å². The lowest BCUT2D eigenvalue weighted by Gasteiger charge is -2.10. The summed E-state index contributed by atoms with van der Waals surface area (Å²) in [7, 11) is 0. The molecule has 0 radical (unpaired) electrons. The van der Waals surface area contributed by atoms with Crippen molar-refractivity contribution in [1.29, 1.82) is 0 Å². The van der Waals surface area contributed by atoms with E-state index in [1.54, 1.807) is 0 Å². The summed E-state index contributed by atoms with van der Waals surface area (Å²) >= 11 is 0. The molecule has 0 unspecified atom stereocenters. The lowest BCUT2D eigenvalue weighted by atomic mass is 9.98. The maximum absolute atomic E-state index is 5.18. The fourth-order valence-corrected chi connectivity index (χ4v) is 7.42. The fraction of sp³-hybridized carbons (Fsp3) is 0.0244. The first kappa shape index (κ1) is 23.7. The lowest BCUT2D eigenvalue weighted by Crippen LogP contribution is -1.92. The summed E-state index contributed by atoms with van der Waals surface area (Å²) in [6, 6.07) is 46.0. The molecule has 0 spiro atoms. The Hall–Kier alpha value is -5.80. The molecule has 0 saturated heterocycles. The van der Waals surface area contributed by atoms with Crippen molar-refractivity contribution in [3.05, 3.63) is 139 Å². The zero-order valence-corrected chi connectivity index (χ0v) is 24.0. The van der Waals surface area contributed by atoms with Gasteiger partial charge in [0.15, 0.2) is 0 Å². The van der Waals surface area contributed by atoms with Crippen molar-refractivity contribution in [2.75, 3.05) is 0 Å². The molecule has 0 aliphatic rings. The van der Waals surface area contributed by atoms with Crippen LogP contribution in [0.25, 0.3) is 93.1 Å². The number of hydrogen-bond donors (Lipinski definition) is 0. The van der Waals surface area contributed by atoms with Crippen LogP contribution in [0.3, 0.4) is 0 Å². The maximum atomic E-state index is 5.18. The van der Waals surface area contributed by atoms with Crippen molar-refractivity contribution in [3.8, 4) is 22.4 Å². The fourth-order valence-electron chi connectivity index (χ4n) is 7.42. The van der Waals surface area contributed by atoms with Crippen LogP contribution < -0.4 is 0 Å². The summed E-state index contributed by atoms with van der Waals surface area (Å²) in [6.45, 7) is 2.20. The Morgan fingerprint density at radius 2 is 1.02 bits per heavy atom. The van der Waals surface area contributed by atoms with E-state index in [0.29, 0.717) is 0 Å². The van der Waals surface area contributed by atoms with E-state index in [9.17, 15) is 0 Å². The number of aromatic nitrogens is 3. The molecular weight excluding hydrogens is 534 g/mol. The van der Waals surface area contributed by atoms with Gasteiger partial charge in [0.25, 0.3) is 0 Å². The van der Waals surface area contributed by atoms with E-state index in [1.807, 2.05) is 6.20 Å². The predicted molar refractivity (Wildman–Crippen MR) is 185 cm³/mol. The minimum absolute atomic E-state index is 0.881. The average Bonchev–Trinajstić information content (AvgIpc) is 3.59. The van der Waals surface area contributed by atoms with E-state index >= 15 is 0 Å². The molecular formula is C41H25N3. The van der Waals surface area contributed by atoms with Crippen LogP contribution in [0, 0.1) is 6.92 Å². The van der Waals surface area contributed by atoms with Crippen molar-refractivity contribution in [1.82, 2.24) is 14.4 Å². The summed E-state index contributed by atoms with van der Waals surface area (Å²) in [5, 5.41) is 9.94. The summed E-state index contributed by atoms with van der Waals surface area (Å²) in [5.41, 5.74) is 11.3. The second-order valence-corrected chi connectivity index (χ2v) is 11.9. The van der Waals surface area contributed by atoms with Crippen LogP contribution in [-0.4, -0.2) is 14.4 Å². The van der Waals surface area contributed by atoms with Gasteiger partial charge in [-0.2, -0.15) is 0 Å². The van der Waals surface area contributed by atoms with Gasteiger partial charge in [0.1, 0.15) is 0 Å². The summed E-state index contributed by atoms with van der Waals surface area (Å²) in [4.78, 5) is 10.1. The Labute approximate surface area is 253 Å². The first-order valence-corrected chi connectivity index (χ1v) is 15.1. The zero-order valence-electron chi connectivity index (χ0n) is 24.0. The van der Waals surface area contributed by atoms with Gasteiger partial charge in [-0.15, -0.1) is 0 Å². The molecule has 0 bridgehead atoms. The van der Waals surface area contributed by atoms with Gasteiger partial charge in [-0.25, -0.2) is 4.98 Å². The third-order valence-corrected chi connectivity index (χ3v) is 9.38. The van der Waals surface area contributed by atoms with E-state index in [0.717, 1.165) is 33.1 Å². The Morgan fingerprint density at radius 1 is 0.455 bits per heavy atom. The summed E-state index contributed by atoms with van der Waals surface area (Å²) in [6.07, 6.45) is 1.91. The Balaban J connectivity index is 1.11. The van der Waals surface area contributed by atoms with Crippen LogP contribution in [0.4, 0.5) is 0 Å². The molecule has 0 aliphatic heterocycles. The standard InChI is InChI=1S/C41H25N3/c1-24-20-34-30-10-6-7-13-37(30)44-38-19-18-27(22-33(38)35(21-24)41(34)44)25-14-16-26(17-15-25)36-23-42-39-31-11-4-2-8-28(31)29-9-3-5-12-32(29)40(39)43-36/h2-23H,1H3. The number of nitrogens with zero attached hydrogens (tertiary/aromatic N) is 3. The predicted octanol–water partition coefficient (Wildman–Crippen LogP) is 10.7. The highest BCUT2D eigenvalue weighted by Crippen LogP contribution is 2.41. The van der Waals surface area contributed by atoms with E-state index in [-0.39, 0.29) is 0 Å². The average molecular weight is 560 g/mol. The zero-order chi connectivity index (χ0) is 28.9. The van der Waals surface area contributed by atoms with Crippen molar-refractivity contribution >= 4 is 70.7 Å². The molecule has 3 heterocycles. The van der Waals surface area contributed by atoms with E-state index in [2.05, 4.69) is 139 Å². The smallest absolute Gasteiger partial charge is 0.0979 e. The van der Waals surface area contributed by atoms with Gasteiger partial charge in [0.05, 0.1) is 39.5 Å². The molecule has 7 aromatic carbocycles. The monoisotopic (exact) mass is 559 g/mol. The maximum Gasteiger partial charge on any atom is 0.0979 e. The highest BCUT2D eigenvalue weighted by Gasteiger charge is 2.18. The number of benzene rings is 7. The molecule has 44 heavy (non-hydrogen) atoms. The number of rotatable bonds is 2. The topological polar surface area (TPSA) is 30.2 Å². The Bertz CT molecular complexity index is 2730. The molecule has 3 heteroatoms. The van der Waals surface area contributed by atoms with Gasteiger partial charge in [-0.05, 0) is 64.7 Å². The van der Waals surface area contributed by atoms with E-state index in [1.165, 1.54) is 65.6 Å². The molecule has 0 aliphatic carbocycles. The molecule has 204 valence electrons. The molecule has 0 saturated carbocycles. The number of fused-ring (bicyclic) bond motifs is 12. The molecule has 0 amide bonds. The van der Waals surface area contributed by atoms with Gasteiger partial charge < -0.3 is 4.40 Å². The molecule has 10 rings (SSSR count). The minimum atomic E-state index is 0.881. The molecule has 10 aromatic rings. The SMILES string of the molecule is Cc1cc2c3ccccc3n3c4ccc(-c5ccc(-c6cnc7c8ccccc8c8ccccc8c7n6)cc5)cc4c(c1)c23. The molecule has 0 fully saturated rings. The Kier molecular flexibility index (Phi) is 4.65. The third-order valence-electron chi connectivity index (χ3n) is 9.38. The highest BCUT2D eigenvalue weighted by atomic mass is 14.9. The molecule has 3 aromatic heterocycles. The first-order chi connectivity index (χ1) is 21.7. The van der Waals surface area contributed by atoms with Gasteiger partial charge in [-0.3, -0.25) is 4.98 Å². The van der Waals surface area contributed by atoms with E-state index < -0.39 is 0 Å². The van der Waals surface area contributed by atoms with Crippen LogP contribution in [0.15, 0.2) is 134 Å². The van der Waals surface area contributed by atoms with Gasteiger partial charge >= 0.3 is 0 Å². The summed E-state index contributed by atoms with van der Waals surface area (Å²) < 4.78 is 2.44. The van der Waals surface area contributed by atoms with E-state index in [4.69, 9.17) is 9.97 Å². The van der Waals surface area contributed by atoms with Crippen LogP contribution in [0.2, 0.25) is 0 Å². The normalized spacial score (nSPS) is 12.2. The van der Waals surface area contributed by atoms with Gasteiger partial charge in [0, 0.05) is 37.9 Å². The van der Waals surface area contributed by atoms with Crippen LogP contribution in [0.1, 0.15) is 5.56 Å². The number of para-hydroxylation sites is 1. The Morgan fingerprint density at radius 3 is 1.77 bits per heavy atom. The lowest BCUT2D eigenvalue weighted by molar-refractivity contribution is 1.31. The quantitative estimate of drug-likeness (QED) is 0.197. The largest absolute Gasteiger partial charge is 0.308 e. The molecule has 0 N–H and O–H groups in total. The minimum Gasteiger partial charge on any atom is -0.308 e. The van der Waals surface area contributed by atoms with Crippen molar-refractivity contribution in [2.45, 2.75) is 6.92 Å². The molecule has 3 nitrogen and oxygen atoms in total. The third kappa shape index (κ3) is 3.16. The number of aryl methyl sites for hydroxylation is 1. The summed E-state index contributed by atoms with van der Waals surface area (Å²) in [5.74, 6) is 0. The van der Waals surface area contributed by atoms with Crippen LogP contribution in [-0.2, 0) is 0 Å². The van der Waals surface area contributed by atoms with Crippen LogP contribution >= 0.6 is 0 Å². The second-order valence-electron chi connectivity index (χ2n) is 11.9. The van der Waals surface area contributed by atoms with Gasteiger partial charge in [-0.1, -0.05) is 97.1 Å². The second kappa shape index (κ2) is 8.62. The van der Waals surface area contributed by atoms with Crippen molar-refractivity contribution in [2.24, 2.45) is 0 Å². The van der Waals surface area contributed by atoms with Gasteiger partial charge in [0.2, 0.25) is 0 Å². The van der Waals surface area contributed by atoms with Crippen molar-refractivity contribution < 1.29 is 0 Å². The molecule has 0 atom stereocenters. The highest BCUT2D eigenvalue weighted by molar-refractivity contribution is 6.24.